The van der Waals surface area contributed by atoms with E-state index < -0.39 is 0 Å². The number of aliphatic hydroxyl groups is 1. The van der Waals surface area contributed by atoms with Gasteiger partial charge in [0.15, 0.2) is 5.78 Å². The van der Waals surface area contributed by atoms with Crippen LogP contribution in [-0.4, -0.2) is 17.0 Å². The monoisotopic (exact) mass is 314 g/mol. The summed E-state index contributed by atoms with van der Waals surface area (Å²) in [5.41, 5.74) is 1.57. The average molecular weight is 314 g/mol. The first-order valence-corrected chi connectivity index (χ1v) is 9.64. The number of hydrogen-bond donors (Lipinski definition) is 1. The second kappa shape index (κ2) is 5.58. The molecule has 0 bridgehead atoms. The lowest BCUT2D eigenvalue weighted by atomic mass is 9.48. The van der Waals surface area contributed by atoms with Crippen LogP contribution in [0.15, 0.2) is 24.3 Å². The minimum atomic E-state index is -0.103. The van der Waals surface area contributed by atoms with Crippen molar-refractivity contribution in [3.8, 4) is 0 Å². The zero-order valence-corrected chi connectivity index (χ0v) is 14.3. The lowest BCUT2D eigenvalue weighted by Crippen LogP contribution is -2.51. The zero-order valence-electron chi connectivity index (χ0n) is 14.3. The average Bonchev–Trinajstić information content (AvgIpc) is 2.90. The van der Waals surface area contributed by atoms with E-state index in [1.807, 2.05) is 6.08 Å². The highest BCUT2D eigenvalue weighted by Crippen LogP contribution is 2.64. The van der Waals surface area contributed by atoms with Gasteiger partial charge in [0, 0.05) is 6.42 Å². The van der Waals surface area contributed by atoms with E-state index in [2.05, 4.69) is 19.6 Å². The third kappa shape index (κ3) is 2.13. The van der Waals surface area contributed by atoms with Crippen LogP contribution in [-0.2, 0) is 4.79 Å². The van der Waals surface area contributed by atoms with Crippen LogP contribution < -0.4 is 0 Å². The van der Waals surface area contributed by atoms with Crippen LogP contribution in [0.4, 0.5) is 0 Å². The van der Waals surface area contributed by atoms with Crippen LogP contribution in [0.2, 0.25) is 0 Å². The first kappa shape index (κ1) is 15.6. The maximum atomic E-state index is 11.9. The van der Waals surface area contributed by atoms with Crippen molar-refractivity contribution in [2.45, 2.75) is 64.4 Å². The molecule has 23 heavy (non-hydrogen) atoms. The summed E-state index contributed by atoms with van der Waals surface area (Å²) in [6, 6.07) is 0. The molecule has 4 aliphatic carbocycles. The molecule has 0 radical (unpaired) electrons. The second-order valence-electron chi connectivity index (χ2n) is 8.50. The highest BCUT2D eigenvalue weighted by Gasteiger charge is 2.59. The van der Waals surface area contributed by atoms with Gasteiger partial charge in [-0.05, 0) is 86.0 Å². The van der Waals surface area contributed by atoms with E-state index in [1.165, 1.54) is 24.8 Å². The van der Waals surface area contributed by atoms with E-state index in [-0.39, 0.29) is 11.5 Å². The van der Waals surface area contributed by atoms with Crippen molar-refractivity contribution in [2.75, 3.05) is 0 Å². The van der Waals surface area contributed by atoms with Crippen molar-refractivity contribution in [1.29, 1.82) is 0 Å². The van der Waals surface area contributed by atoms with E-state index in [4.69, 9.17) is 0 Å². The smallest absolute Gasteiger partial charge is 0.155 e. The fourth-order valence-corrected chi connectivity index (χ4v) is 6.99. The molecule has 4 aliphatic rings. The minimum absolute atomic E-state index is 0.103. The predicted molar refractivity (Wildman–Crippen MR) is 91.8 cm³/mol. The number of hydrogen-bond acceptors (Lipinski definition) is 2. The van der Waals surface area contributed by atoms with Crippen molar-refractivity contribution in [3.63, 3.8) is 0 Å². The van der Waals surface area contributed by atoms with E-state index in [0.717, 1.165) is 32.1 Å². The molecule has 7 atom stereocenters. The molecule has 3 saturated carbocycles. The van der Waals surface area contributed by atoms with Gasteiger partial charge in [-0.3, -0.25) is 4.79 Å². The Morgan fingerprint density at radius 3 is 2.91 bits per heavy atom. The van der Waals surface area contributed by atoms with Crippen molar-refractivity contribution in [2.24, 2.45) is 35.0 Å². The first-order valence-electron chi connectivity index (χ1n) is 9.64. The summed E-state index contributed by atoms with van der Waals surface area (Å²) < 4.78 is 0. The molecule has 2 heteroatoms. The standard InChI is InChI=1S/C21H30O2/c1-3-13-11-14-12-15(22)5-6-16(14)17-9-10-21(4-2)18(20(13)17)7-8-19(21)23/h3,12-13,16-20,23H,1,4-11H2,2H3/t13-,16+,17-,18+,19+,20-,21?/m1/s1. The SMILES string of the molecule is C=C[C@@H]1CC2=CC(=O)CC[C@@H]2[C@H]2CCC3(CC)[C@@H](O)CC[C@H]3[C@@H]21. The molecule has 4 rings (SSSR count). The third-order valence-electron chi connectivity index (χ3n) is 8.02. The topological polar surface area (TPSA) is 37.3 Å². The maximum Gasteiger partial charge on any atom is 0.155 e. The molecule has 3 fully saturated rings. The second-order valence-corrected chi connectivity index (χ2v) is 8.50. The van der Waals surface area contributed by atoms with Gasteiger partial charge < -0.3 is 5.11 Å². The molecule has 1 unspecified atom stereocenters. The lowest BCUT2D eigenvalue weighted by Gasteiger charge is -2.56. The lowest BCUT2D eigenvalue weighted by molar-refractivity contribution is -0.116. The molecule has 0 aromatic rings. The Morgan fingerprint density at radius 1 is 1.35 bits per heavy atom. The highest BCUT2D eigenvalue weighted by atomic mass is 16.3. The van der Waals surface area contributed by atoms with E-state index >= 15 is 0 Å². The minimum Gasteiger partial charge on any atom is -0.393 e. The Balaban J connectivity index is 1.72. The van der Waals surface area contributed by atoms with Crippen LogP contribution in [0.5, 0.6) is 0 Å². The molecule has 1 N–H and O–H groups in total. The summed E-state index contributed by atoms with van der Waals surface area (Å²) in [5.74, 6) is 3.49. The number of aliphatic hydroxyl groups excluding tert-OH is 1. The van der Waals surface area contributed by atoms with Gasteiger partial charge in [-0.25, -0.2) is 0 Å². The number of fused-ring (bicyclic) bond motifs is 5. The van der Waals surface area contributed by atoms with Gasteiger partial charge in [-0.15, -0.1) is 6.58 Å². The Kier molecular flexibility index (Phi) is 3.79. The number of rotatable bonds is 2. The molecule has 0 aromatic carbocycles. The fraction of sp³-hybridized carbons (Fsp3) is 0.762. The Labute approximate surface area is 140 Å². The number of allylic oxidation sites excluding steroid dienone is 2. The number of carbonyl (C=O) groups excluding carboxylic acids is 1. The van der Waals surface area contributed by atoms with E-state index in [9.17, 15) is 9.90 Å². The maximum absolute atomic E-state index is 11.9. The Morgan fingerprint density at radius 2 is 2.17 bits per heavy atom. The largest absolute Gasteiger partial charge is 0.393 e. The van der Waals surface area contributed by atoms with Crippen molar-refractivity contribution in [3.05, 3.63) is 24.3 Å². The van der Waals surface area contributed by atoms with Gasteiger partial charge in [0.05, 0.1) is 6.10 Å². The van der Waals surface area contributed by atoms with Crippen LogP contribution in [0.3, 0.4) is 0 Å². The molecule has 126 valence electrons. The third-order valence-corrected chi connectivity index (χ3v) is 8.02. The normalized spacial score (nSPS) is 49.0. The van der Waals surface area contributed by atoms with Crippen molar-refractivity contribution < 1.29 is 9.90 Å². The van der Waals surface area contributed by atoms with Gasteiger partial charge in [-0.1, -0.05) is 18.6 Å². The van der Waals surface area contributed by atoms with Gasteiger partial charge in [0.1, 0.15) is 0 Å². The van der Waals surface area contributed by atoms with Gasteiger partial charge in [0.2, 0.25) is 0 Å². The summed E-state index contributed by atoms with van der Waals surface area (Å²) in [7, 11) is 0. The first-order chi connectivity index (χ1) is 11.1. The van der Waals surface area contributed by atoms with E-state index in [0.29, 0.717) is 35.4 Å². The number of ketones is 1. The van der Waals surface area contributed by atoms with E-state index in [1.54, 1.807) is 0 Å². The molecule has 0 amide bonds. The summed E-state index contributed by atoms with van der Waals surface area (Å²) in [6.07, 6.45) is 12.5. The molecule has 0 spiro atoms. The van der Waals surface area contributed by atoms with Gasteiger partial charge >= 0.3 is 0 Å². The summed E-state index contributed by atoms with van der Waals surface area (Å²) >= 11 is 0. The van der Waals surface area contributed by atoms with Gasteiger partial charge in [0.25, 0.3) is 0 Å². The molecule has 0 aliphatic heterocycles. The highest BCUT2D eigenvalue weighted by molar-refractivity contribution is 5.91. The summed E-state index contributed by atoms with van der Waals surface area (Å²) in [6.45, 7) is 6.42. The van der Waals surface area contributed by atoms with Crippen molar-refractivity contribution >= 4 is 5.78 Å². The molecule has 0 saturated heterocycles. The van der Waals surface area contributed by atoms with Crippen LogP contribution in [0.1, 0.15) is 58.3 Å². The van der Waals surface area contributed by atoms with Gasteiger partial charge in [-0.2, -0.15) is 0 Å². The Bertz CT molecular complexity index is 548. The van der Waals surface area contributed by atoms with Crippen LogP contribution >= 0.6 is 0 Å². The molecule has 2 nitrogen and oxygen atoms in total. The molecule has 0 aromatic heterocycles. The Hall–Kier alpha value is -0.890. The summed E-state index contributed by atoms with van der Waals surface area (Å²) in [5, 5.41) is 10.7. The molecular formula is C21H30O2. The quantitative estimate of drug-likeness (QED) is 0.772. The molecule has 0 heterocycles. The van der Waals surface area contributed by atoms with Crippen LogP contribution in [0, 0.1) is 35.0 Å². The summed E-state index contributed by atoms with van der Waals surface area (Å²) in [4.78, 5) is 11.9. The molecular weight excluding hydrogens is 284 g/mol. The fourth-order valence-electron chi connectivity index (χ4n) is 6.99. The number of carbonyl (C=O) groups is 1. The predicted octanol–water partition coefficient (Wildman–Crippen LogP) is 4.29. The van der Waals surface area contributed by atoms with Crippen molar-refractivity contribution in [1.82, 2.24) is 0 Å². The zero-order chi connectivity index (χ0) is 16.2. The van der Waals surface area contributed by atoms with Crippen LogP contribution in [0.25, 0.3) is 0 Å².